The summed E-state index contributed by atoms with van der Waals surface area (Å²) < 4.78 is 0. The molecule has 0 saturated carbocycles. The molecule has 2 aliphatic heterocycles. The molecule has 2 atom stereocenters. The van der Waals surface area contributed by atoms with Gasteiger partial charge in [0.05, 0.1) is 11.4 Å². The summed E-state index contributed by atoms with van der Waals surface area (Å²) in [6, 6.07) is 0.680. The van der Waals surface area contributed by atoms with Crippen LogP contribution in [0.5, 0.6) is 0 Å². The van der Waals surface area contributed by atoms with Crippen molar-refractivity contribution < 1.29 is 4.79 Å². The summed E-state index contributed by atoms with van der Waals surface area (Å²) in [5.74, 6) is 0.296. The highest BCUT2D eigenvalue weighted by Gasteiger charge is 2.41. The summed E-state index contributed by atoms with van der Waals surface area (Å²) in [6.07, 6.45) is 6.47. The van der Waals surface area contributed by atoms with Crippen LogP contribution in [0.1, 0.15) is 30.7 Å². The summed E-state index contributed by atoms with van der Waals surface area (Å²) in [4.78, 5) is 22.4. The lowest BCUT2D eigenvalue weighted by Gasteiger charge is -2.20. The summed E-state index contributed by atoms with van der Waals surface area (Å²) >= 11 is 0. The molecule has 0 radical (unpaired) electrons. The van der Waals surface area contributed by atoms with Gasteiger partial charge in [-0.25, -0.2) is 0 Å². The molecule has 1 amide bonds. The third-order valence-corrected chi connectivity index (χ3v) is 3.86. The van der Waals surface area contributed by atoms with Gasteiger partial charge < -0.3 is 10.2 Å². The van der Waals surface area contributed by atoms with Crippen LogP contribution in [0.3, 0.4) is 0 Å². The molecule has 0 bridgehead atoms. The SMILES string of the molecule is Cc1cnc(CNC2CC(=O)N3CCCC23)cn1. The molecule has 0 aromatic carbocycles. The molecule has 3 heterocycles. The first-order valence-electron chi connectivity index (χ1n) is 6.54. The Morgan fingerprint density at radius 1 is 1.44 bits per heavy atom. The monoisotopic (exact) mass is 246 g/mol. The van der Waals surface area contributed by atoms with Gasteiger partial charge >= 0.3 is 0 Å². The second-order valence-electron chi connectivity index (χ2n) is 5.14. The Balaban J connectivity index is 1.60. The van der Waals surface area contributed by atoms with Gasteiger partial charge in [0, 0.05) is 44.0 Å². The van der Waals surface area contributed by atoms with Crippen LogP contribution in [-0.2, 0) is 11.3 Å². The highest BCUT2D eigenvalue weighted by atomic mass is 16.2. The molecule has 3 rings (SSSR count). The van der Waals surface area contributed by atoms with Crippen molar-refractivity contribution in [2.24, 2.45) is 0 Å². The van der Waals surface area contributed by atoms with E-state index >= 15 is 0 Å². The number of aryl methyl sites for hydroxylation is 1. The quantitative estimate of drug-likeness (QED) is 0.850. The number of amides is 1. The van der Waals surface area contributed by atoms with Gasteiger partial charge in [-0.05, 0) is 19.8 Å². The van der Waals surface area contributed by atoms with Crippen molar-refractivity contribution in [2.45, 2.75) is 44.8 Å². The van der Waals surface area contributed by atoms with Gasteiger partial charge in [0.15, 0.2) is 0 Å². The van der Waals surface area contributed by atoms with Gasteiger partial charge in [-0.2, -0.15) is 0 Å². The van der Waals surface area contributed by atoms with E-state index in [-0.39, 0.29) is 6.04 Å². The molecule has 2 aliphatic rings. The van der Waals surface area contributed by atoms with Crippen molar-refractivity contribution >= 4 is 5.91 Å². The lowest BCUT2D eigenvalue weighted by molar-refractivity contribution is -0.127. The molecular weight excluding hydrogens is 228 g/mol. The van der Waals surface area contributed by atoms with E-state index in [4.69, 9.17) is 0 Å². The van der Waals surface area contributed by atoms with Gasteiger partial charge in [-0.1, -0.05) is 0 Å². The molecule has 1 N–H and O–H groups in total. The predicted molar refractivity (Wildman–Crippen MR) is 66.7 cm³/mol. The second-order valence-corrected chi connectivity index (χ2v) is 5.14. The van der Waals surface area contributed by atoms with Gasteiger partial charge in [0.1, 0.15) is 0 Å². The molecular formula is C13H18N4O. The number of nitrogens with zero attached hydrogens (tertiary/aromatic N) is 3. The molecule has 2 fully saturated rings. The topological polar surface area (TPSA) is 58.1 Å². The van der Waals surface area contributed by atoms with Gasteiger partial charge in [-0.15, -0.1) is 0 Å². The zero-order valence-electron chi connectivity index (χ0n) is 10.6. The van der Waals surface area contributed by atoms with Crippen LogP contribution < -0.4 is 5.32 Å². The summed E-state index contributed by atoms with van der Waals surface area (Å²) in [5.41, 5.74) is 1.86. The molecule has 1 aromatic rings. The van der Waals surface area contributed by atoms with E-state index in [1.54, 1.807) is 12.4 Å². The van der Waals surface area contributed by atoms with Gasteiger partial charge in [0.2, 0.25) is 5.91 Å². The van der Waals surface area contributed by atoms with Crippen LogP contribution >= 0.6 is 0 Å². The molecule has 0 aliphatic carbocycles. The zero-order chi connectivity index (χ0) is 12.5. The van der Waals surface area contributed by atoms with Crippen molar-refractivity contribution in [1.82, 2.24) is 20.2 Å². The molecule has 2 unspecified atom stereocenters. The third-order valence-electron chi connectivity index (χ3n) is 3.86. The number of rotatable bonds is 3. The predicted octanol–water partition coefficient (Wildman–Crippen LogP) is 0.638. The number of fused-ring (bicyclic) bond motifs is 1. The average Bonchev–Trinajstić information content (AvgIpc) is 2.94. The van der Waals surface area contributed by atoms with E-state index in [1.165, 1.54) is 0 Å². The molecule has 2 saturated heterocycles. The number of hydrogen-bond donors (Lipinski definition) is 1. The Bertz CT molecular complexity index is 445. The number of nitrogens with one attached hydrogen (secondary N) is 1. The minimum atomic E-state index is 0.281. The van der Waals surface area contributed by atoms with Crippen LogP contribution in [0.4, 0.5) is 0 Å². The Labute approximate surface area is 107 Å². The molecule has 18 heavy (non-hydrogen) atoms. The number of hydrogen-bond acceptors (Lipinski definition) is 4. The average molecular weight is 246 g/mol. The Kier molecular flexibility index (Phi) is 2.99. The van der Waals surface area contributed by atoms with E-state index in [0.717, 1.165) is 30.8 Å². The van der Waals surface area contributed by atoms with Crippen LogP contribution in [-0.4, -0.2) is 39.4 Å². The van der Waals surface area contributed by atoms with E-state index < -0.39 is 0 Å². The van der Waals surface area contributed by atoms with Crippen molar-refractivity contribution in [3.05, 3.63) is 23.8 Å². The molecule has 5 heteroatoms. The normalized spacial score (nSPS) is 26.7. The Morgan fingerprint density at radius 3 is 3.11 bits per heavy atom. The van der Waals surface area contributed by atoms with E-state index in [9.17, 15) is 4.79 Å². The fourth-order valence-electron chi connectivity index (χ4n) is 2.92. The number of carbonyl (C=O) groups excluding carboxylic acids is 1. The molecule has 1 aromatic heterocycles. The summed E-state index contributed by atoms with van der Waals surface area (Å²) in [6.45, 7) is 3.55. The van der Waals surface area contributed by atoms with Gasteiger partial charge in [0.25, 0.3) is 0 Å². The smallest absolute Gasteiger partial charge is 0.224 e. The molecule has 96 valence electrons. The van der Waals surface area contributed by atoms with Gasteiger partial charge in [-0.3, -0.25) is 14.8 Å². The molecule has 0 spiro atoms. The largest absolute Gasteiger partial charge is 0.338 e. The first-order valence-corrected chi connectivity index (χ1v) is 6.54. The Morgan fingerprint density at radius 2 is 2.33 bits per heavy atom. The number of carbonyl (C=O) groups is 1. The minimum absolute atomic E-state index is 0.281. The standard InChI is InChI=1S/C13H18N4O/c1-9-6-15-10(7-14-9)8-16-11-5-13(18)17-4-2-3-12(11)17/h6-7,11-12,16H,2-5,8H2,1H3. The van der Waals surface area contributed by atoms with Crippen molar-refractivity contribution in [1.29, 1.82) is 0 Å². The fraction of sp³-hybridized carbons (Fsp3) is 0.615. The maximum atomic E-state index is 11.8. The Hall–Kier alpha value is -1.49. The van der Waals surface area contributed by atoms with Crippen molar-refractivity contribution in [2.75, 3.05) is 6.54 Å². The van der Waals surface area contributed by atoms with E-state index in [1.807, 2.05) is 11.8 Å². The molecule has 5 nitrogen and oxygen atoms in total. The zero-order valence-corrected chi connectivity index (χ0v) is 10.6. The highest BCUT2D eigenvalue weighted by molar-refractivity contribution is 5.80. The summed E-state index contributed by atoms with van der Waals surface area (Å²) in [5, 5.41) is 3.45. The fourth-order valence-corrected chi connectivity index (χ4v) is 2.92. The lowest BCUT2D eigenvalue weighted by Crippen LogP contribution is -2.39. The first kappa shape index (κ1) is 11.6. The van der Waals surface area contributed by atoms with Crippen LogP contribution in [0.2, 0.25) is 0 Å². The first-order chi connectivity index (χ1) is 8.74. The second kappa shape index (κ2) is 4.65. The van der Waals surface area contributed by atoms with Crippen LogP contribution in [0.25, 0.3) is 0 Å². The van der Waals surface area contributed by atoms with Crippen molar-refractivity contribution in [3.63, 3.8) is 0 Å². The van der Waals surface area contributed by atoms with Crippen LogP contribution in [0, 0.1) is 6.92 Å². The third kappa shape index (κ3) is 2.10. The number of aromatic nitrogens is 2. The van der Waals surface area contributed by atoms with Crippen LogP contribution in [0.15, 0.2) is 12.4 Å². The lowest BCUT2D eigenvalue weighted by atomic mass is 10.1. The minimum Gasteiger partial charge on any atom is -0.338 e. The van der Waals surface area contributed by atoms with E-state index in [0.29, 0.717) is 24.9 Å². The summed E-state index contributed by atoms with van der Waals surface area (Å²) in [7, 11) is 0. The van der Waals surface area contributed by atoms with Crippen molar-refractivity contribution in [3.8, 4) is 0 Å². The maximum Gasteiger partial charge on any atom is 0.224 e. The van der Waals surface area contributed by atoms with E-state index in [2.05, 4.69) is 15.3 Å². The maximum absolute atomic E-state index is 11.8. The highest BCUT2D eigenvalue weighted by Crippen LogP contribution is 2.29.